The minimum Gasteiger partial charge on any atom is -0.396 e. The number of hydrogen-bond acceptors (Lipinski definition) is 4. The van der Waals surface area contributed by atoms with Crippen LogP contribution in [0.1, 0.15) is 39.1 Å². The van der Waals surface area contributed by atoms with Crippen molar-refractivity contribution in [2.45, 2.75) is 19.0 Å². The Hall–Kier alpha value is -2.91. The molecule has 6 nitrogen and oxygen atoms in total. The van der Waals surface area contributed by atoms with Crippen LogP contribution in [0.15, 0.2) is 42.6 Å². The Balaban J connectivity index is 1.98. The van der Waals surface area contributed by atoms with Crippen LogP contribution < -0.4 is 5.32 Å². The van der Waals surface area contributed by atoms with Crippen LogP contribution in [0.5, 0.6) is 0 Å². The lowest BCUT2D eigenvalue weighted by Crippen LogP contribution is -2.24. The van der Waals surface area contributed by atoms with Crippen molar-refractivity contribution < 1.29 is 27.9 Å². The van der Waals surface area contributed by atoms with Crippen LogP contribution >= 0.6 is 11.6 Å². The van der Waals surface area contributed by atoms with Gasteiger partial charge in [0, 0.05) is 24.1 Å². The van der Waals surface area contributed by atoms with Gasteiger partial charge in [0.15, 0.2) is 0 Å². The zero-order valence-electron chi connectivity index (χ0n) is 15.5. The summed E-state index contributed by atoms with van der Waals surface area (Å²) in [6.07, 6.45) is -2.33. The van der Waals surface area contributed by atoms with Crippen LogP contribution in [0, 0.1) is 0 Å². The van der Waals surface area contributed by atoms with E-state index in [0.29, 0.717) is 24.8 Å². The lowest BCUT2D eigenvalue weighted by Gasteiger charge is -2.13. The first kappa shape index (κ1) is 21.8. The second-order valence-electron chi connectivity index (χ2n) is 6.48. The number of unbranched alkanes of at least 4 members (excludes halogenated alkanes) is 1. The smallest absolute Gasteiger partial charge is 0.396 e. The molecule has 0 radical (unpaired) electrons. The van der Waals surface area contributed by atoms with Gasteiger partial charge >= 0.3 is 6.18 Å². The fourth-order valence-electron chi connectivity index (χ4n) is 2.95. The summed E-state index contributed by atoms with van der Waals surface area (Å²) < 4.78 is 40.9. The van der Waals surface area contributed by atoms with Gasteiger partial charge in [0.05, 0.1) is 27.9 Å². The molecule has 0 unspecified atom stereocenters. The van der Waals surface area contributed by atoms with Crippen molar-refractivity contribution in [2.24, 2.45) is 0 Å². The number of carbonyl (C=O) groups is 2. The molecule has 1 amide bonds. The minimum atomic E-state index is -4.78. The van der Waals surface area contributed by atoms with Crippen molar-refractivity contribution >= 4 is 34.3 Å². The predicted molar refractivity (Wildman–Crippen MR) is 105 cm³/mol. The Kier molecular flexibility index (Phi) is 6.42. The van der Waals surface area contributed by atoms with Crippen LogP contribution in [0.2, 0.25) is 5.02 Å². The number of nitrogens with zero attached hydrogens (tertiary/aromatic N) is 2. The molecule has 1 heterocycles. The quantitative estimate of drug-likeness (QED) is 0.570. The molecule has 0 spiro atoms. The van der Waals surface area contributed by atoms with E-state index in [4.69, 9.17) is 16.7 Å². The number of nitrogens with one attached hydrogen (secondary N) is 1. The van der Waals surface area contributed by atoms with E-state index in [-0.39, 0.29) is 22.7 Å². The van der Waals surface area contributed by atoms with Gasteiger partial charge in [-0.1, -0.05) is 23.7 Å². The number of aromatic nitrogens is 2. The van der Waals surface area contributed by atoms with Crippen LogP contribution in [-0.4, -0.2) is 39.9 Å². The highest BCUT2D eigenvalue weighted by Gasteiger charge is 2.37. The van der Waals surface area contributed by atoms with Gasteiger partial charge in [-0.15, -0.1) is 0 Å². The number of carbonyl (C=O) groups excluding carboxylic acids is 2. The largest absolute Gasteiger partial charge is 0.417 e. The molecule has 0 saturated carbocycles. The molecule has 3 rings (SSSR count). The summed E-state index contributed by atoms with van der Waals surface area (Å²) in [6.45, 7) is 0.370. The number of benzene rings is 2. The fraction of sp³-hybridized carbons (Fsp3) is 0.250. The van der Waals surface area contributed by atoms with Gasteiger partial charge < -0.3 is 10.4 Å². The molecule has 2 aromatic carbocycles. The Morgan fingerprint density at radius 2 is 1.93 bits per heavy atom. The average Bonchev–Trinajstić information content (AvgIpc) is 3.13. The first-order chi connectivity index (χ1) is 14.2. The Bertz CT molecular complexity index is 1100. The standard InChI is InChI=1S/C20H17ClF3N3O3/c21-15-5-3-4-14(20(22,23)24)17(15)19(30)27-16-10-12(6-7-13(16)11-26-27)18(29)25-8-1-2-9-28/h3-7,10-11,28H,1-2,8-9H2,(H,25,29). The van der Waals surface area contributed by atoms with Gasteiger partial charge in [-0.3, -0.25) is 9.59 Å². The van der Waals surface area contributed by atoms with Gasteiger partial charge in [-0.05, 0) is 37.1 Å². The third kappa shape index (κ3) is 4.47. The molecule has 1 aromatic heterocycles. The maximum absolute atomic E-state index is 13.4. The molecule has 0 saturated heterocycles. The van der Waals surface area contributed by atoms with Crippen molar-refractivity contribution in [3.63, 3.8) is 0 Å². The van der Waals surface area contributed by atoms with E-state index in [1.165, 1.54) is 24.4 Å². The van der Waals surface area contributed by atoms with Crippen molar-refractivity contribution in [3.8, 4) is 0 Å². The topological polar surface area (TPSA) is 84.2 Å². The summed E-state index contributed by atoms with van der Waals surface area (Å²) in [5.41, 5.74) is -1.48. The molecule has 0 atom stereocenters. The molecular weight excluding hydrogens is 423 g/mol. The molecule has 158 valence electrons. The second kappa shape index (κ2) is 8.85. The van der Waals surface area contributed by atoms with Crippen molar-refractivity contribution in [2.75, 3.05) is 13.2 Å². The van der Waals surface area contributed by atoms with E-state index in [1.807, 2.05) is 0 Å². The molecule has 3 aromatic rings. The monoisotopic (exact) mass is 439 g/mol. The van der Waals surface area contributed by atoms with Gasteiger partial charge in [-0.25, -0.2) is 0 Å². The molecule has 30 heavy (non-hydrogen) atoms. The van der Waals surface area contributed by atoms with Crippen molar-refractivity contribution in [1.82, 2.24) is 15.1 Å². The number of aliphatic hydroxyl groups excluding tert-OH is 1. The molecule has 0 fully saturated rings. The van der Waals surface area contributed by atoms with E-state index >= 15 is 0 Å². The van der Waals surface area contributed by atoms with E-state index in [9.17, 15) is 22.8 Å². The van der Waals surface area contributed by atoms with Crippen LogP contribution in [-0.2, 0) is 6.18 Å². The summed E-state index contributed by atoms with van der Waals surface area (Å²) in [5, 5.41) is 15.5. The predicted octanol–water partition coefficient (Wildman–Crippen LogP) is 3.90. The lowest BCUT2D eigenvalue weighted by molar-refractivity contribution is -0.137. The number of rotatable bonds is 6. The molecule has 0 bridgehead atoms. The number of hydrogen-bond donors (Lipinski definition) is 2. The fourth-order valence-corrected chi connectivity index (χ4v) is 3.20. The summed E-state index contributed by atoms with van der Waals surface area (Å²) in [6, 6.07) is 7.54. The highest BCUT2D eigenvalue weighted by Crippen LogP contribution is 2.35. The van der Waals surface area contributed by atoms with Crippen LogP contribution in [0.3, 0.4) is 0 Å². The molecule has 2 N–H and O–H groups in total. The molecular formula is C20H17ClF3N3O3. The Labute approximate surface area is 174 Å². The van der Waals surface area contributed by atoms with Crippen molar-refractivity contribution in [1.29, 1.82) is 0 Å². The number of fused-ring (bicyclic) bond motifs is 1. The van der Waals surface area contributed by atoms with Crippen LogP contribution in [0.4, 0.5) is 13.2 Å². The van der Waals surface area contributed by atoms with E-state index in [2.05, 4.69) is 10.4 Å². The summed E-state index contributed by atoms with van der Waals surface area (Å²) in [5.74, 6) is -1.47. The minimum absolute atomic E-state index is 0.0189. The van der Waals surface area contributed by atoms with Crippen molar-refractivity contribution in [3.05, 3.63) is 64.3 Å². The summed E-state index contributed by atoms with van der Waals surface area (Å²) >= 11 is 5.92. The zero-order valence-corrected chi connectivity index (χ0v) is 16.3. The van der Waals surface area contributed by atoms with Gasteiger partial charge in [0.2, 0.25) is 0 Å². The highest BCUT2D eigenvalue weighted by atomic mass is 35.5. The molecule has 0 aliphatic rings. The lowest BCUT2D eigenvalue weighted by atomic mass is 10.1. The number of alkyl halides is 3. The first-order valence-corrected chi connectivity index (χ1v) is 9.39. The molecule has 10 heteroatoms. The van der Waals surface area contributed by atoms with Gasteiger partial charge in [0.25, 0.3) is 11.8 Å². The number of amides is 1. The third-order valence-electron chi connectivity index (χ3n) is 4.43. The summed E-state index contributed by atoms with van der Waals surface area (Å²) in [4.78, 5) is 25.2. The highest BCUT2D eigenvalue weighted by molar-refractivity contribution is 6.34. The summed E-state index contributed by atoms with van der Waals surface area (Å²) in [7, 11) is 0. The normalized spacial score (nSPS) is 11.6. The SMILES string of the molecule is O=C(NCCCCO)c1ccc2cnn(C(=O)c3c(Cl)cccc3C(F)(F)F)c2c1. The maximum atomic E-state index is 13.4. The zero-order chi connectivity index (χ0) is 21.9. The van der Waals surface area contributed by atoms with Gasteiger partial charge in [-0.2, -0.15) is 23.0 Å². The molecule has 0 aliphatic heterocycles. The Morgan fingerprint density at radius 1 is 1.17 bits per heavy atom. The number of aliphatic hydroxyl groups is 1. The third-order valence-corrected chi connectivity index (χ3v) is 4.74. The second-order valence-corrected chi connectivity index (χ2v) is 6.89. The molecule has 0 aliphatic carbocycles. The van der Waals surface area contributed by atoms with E-state index < -0.39 is 29.1 Å². The van der Waals surface area contributed by atoms with E-state index in [1.54, 1.807) is 6.07 Å². The van der Waals surface area contributed by atoms with E-state index in [0.717, 1.165) is 16.8 Å². The van der Waals surface area contributed by atoms with Gasteiger partial charge in [0.1, 0.15) is 0 Å². The maximum Gasteiger partial charge on any atom is 0.417 e. The first-order valence-electron chi connectivity index (χ1n) is 9.01. The average molecular weight is 440 g/mol. The van der Waals surface area contributed by atoms with Crippen LogP contribution in [0.25, 0.3) is 10.9 Å². The Morgan fingerprint density at radius 3 is 2.63 bits per heavy atom. The number of halogens is 4.